The highest BCUT2D eigenvalue weighted by Gasteiger charge is 2.13. The van der Waals surface area contributed by atoms with Gasteiger partial charge >= 0.3 is 0 Å². The van der Waals surface area contributed by atoms with Crippen molar-refractivity contribution in [2.75, 3.05) is 14.1 Å². The molecule has 8 rings (SSSR count). The fourth-order valence-corrected chi connectivity index (χ4v) is 7.53. The van der Waals surface area contributed by atoms with Gasteiger partial charge in [-0.15, -0.1) is 0 Å². The Labute approximate surface area is 343 Å². The van der Waals surface area contributed by atoms with E-state index in [1.165, 1.54) is 11.8 Å². The molecule has 14 heteroatoms. The van der Waals surface area contributed by atoms with Crippen molar-refractivity contribution in [3.8, 4) is 11.8 Å². The van der Waals surface area contributed by atoms with E-state index in [4.69, 9.17) is 0 Å². The molecule has 0 radical (unpaired) electrons. The second-order valence-corrected chi connectivity index (χ2v) is 14.2. The van der Waals surface area contributed by atoms with Crippen molar-refractivity contribution in [1.29, 1.82) is 0 Å². The number of hydrogen-bond acceptors (Lipinski definition) is 10. The monoisotopic (exact) mass is 802 g/mol. The van der Waals surface area contributed by atoms with E-state index in [0.717, 1.165) is 58.5 Å². The molecule has 4 heterocycles. The van der Waals surface area contributed by atoms with Gasteiger partial charge in [-0.25, -0.2) is 4.98 Å². The number of amides is 2. The smallest absolute Gasteiger partial charge is 0.252 e. The first-order valence-electron chi connectivity index (χ1n) is 17.8. The highest BCUT2D eigenvalue weighted by molar-refractivity contribution is 7.99. The second-order valence-electron chi connectivity index (χ2n) is 12.0. The molecule has 0 spiro atoms. The molecule has 0 aliphatic heterocycles. The lowest BCUT2D eigenvalue weighted by molar-refractivity contribution is 0.0952. The van der Waals surface area contributed by atoms with Crippen LogP contribution in [0.4, 0.5) is 0 Å². The fraction of sp³-hybridized carbons (Fsp3) is 0.0455. The molecule has 12 nitrogen and oxygen atoms in total. The lowest BCUT2D eigenvalue weighted by atomic mass is 10.2. The SMILES string of the molecule is CNC(=O)c1ccccc1Sc1ccc2c(/C=C/c3ccccn3)n[nH]c2c1.CNC(=O)c1ccccc1Sc1ccc2c(C#Cc3ccccn3)[nH]nc2c1.NN. The summed E-state index contributed by atoms with van der Waals surface area (Å²) < 4.78 is 0. The first-order valence-corrected chi connectivity index (χ1v) is 19.4. The maximum atomic E-state index is 12.1. The summed E-state index contributed by atoms with van der Waals surface area (Å²) in [4.78, 5) is 36.5. The van der Waals surface area contributed by atoms with Crippen LogP contribution >= 0.6 is 23.5 Å². The third-order valence-electron chi connectivity index (χ3n) is 8.34. The summed E-state index contributed by atoms with van der Waals surface area (Å²) >= 11 is 3.09. The first kappa shape index (κ1) is 40.6. The van der Waals surface area contributed by atoms with Crippen LogP contribution in [0.3, 0.4) is 0 Å². The van der Waals surface area contributed by atoms with Gasteiger partial charge < -0.3 is 10.6 Å². The minimum Gasteiger partial charge on any atom is -0.355 e. The van der Waals surface area contributed by atoms with Crippen LogP contribution in [0.15, 0.2) is 153 Å². The predicted molar refractivity (Wildman–Crippen MR) is 232 cm³/mol. The number of hydrogen-bond donors (Lipinski definition) is 6. The average molecular weight is 803 g/mol. The summed E-state index contributed by atoms with van der Waals surface area (Å²) in [5, 5.41) is 22.2. The Hall–Kier alpha value is -7.02. The van der Waals surface area contributed by atoms with E-state index in [1.807, 2.05) is 133 Å². The lowest BCUT2D eigenvalue weighted by Crippen LogP contribution is -2.18. The van der Waals surface area contributed by atoms with Crippen LogP contribution in [-0.4, -0.2) is 56.3 Å². The van der Waals surface area contributed by atoms with Gasteiger partial charge in [0.25, 0.3) is 11.8 Å². The summed E-state index contributed by atoms with van der Waals surface area (Å²) in [7, 11) is 3.27. The summed E-state index contributed by atoms with van der Waals surface area (Å²) in [5.41, 5.74) is 6.30. The maximum Gasteiger partial charge on any atom is 0.252 e. The molecule has 2 amide bonds. The minimum atomic E-state index is -0.101. The molecule has 0 aliphatic carbocycles. The molecule has 4 aromatic carbocycles. The van der Waals surface area contributed by atoms with Crippen molar-refractivity contribution in [3.05, 3.63) is 168 Å². The van der Waals surface area contributed by atoms with Crippen LogP contribution in [0, 0.1) is 11.8 Å². The molecule has 58 heavy (non-hydrogen) atoms. The molecule has 4 aromatic heterocycles. The van der Waals surface area contributed by atoms with Gasteiger partial charge in [0.15, 0.2) is 0 Å². The Morgan fingerprint density at radius 2 is 1.24 bits per heavy atom. The van der Waals surface area contributed by atoms with Gasteiger partial charge in [-0.2, -0.15) is 10.2 Å². The fourth-order valence-electron chi connectivity index (χ4n) is 5.57. The molecular formula is C44H38N10O2S2. The van der Waals surface area contributed by atoms with Crippen molar-refractivity contribution >= 4 is 69.3 Å². The number of nitrogens with one attached hydrogen (secondary N) is 4. The van der Waals surface area contributed by atoms with E-state index < -0.39 is 0 Å². The second kappa shape index (κ2) is 20.2. The average Bonchev–Trinajstić information content (AvgIpc) is 3.89. The summed E-state index contributed by atoms with van der Waals surface area (Å²) in [5.74, 6) is 13.9. The zero-order valence-electron chi connectivity index (χ0n) is 31.4. The van der Waals surface area contributed by atoms with Gasteiger partial charge in [-0.1, -0.05) is 59.9 Å². The zero-order valence-corrected chi connectivity index (χ0v) is 33.1. The van der Waals surface area contributed by atoms with Crippen molar-refractivity contribution in [3.63, 3.8) is 0 Å². The van der Waals surface area contributed by atoms with Crippen LogP contribution in [0.1, 0.15) is 43.5 Å². The Morgan fingerprint density at radius 1 is 0.638 bits per heavy atom. The molecule has 0 atom stereocenters. The van der Waals surface area contributed by atoms with Crippen LogP contribution < -0.4 is 22.3 Å². The van der Waals surface area contributed by atoms with Gasteiger partial charge in [0.05, 0.1) is 33.5 Å². The van der Waals surface area contributed by atoms with E-state index in [1.54, 1.807) is 38.3 Å². The Bertz CT molecular complexity index is 2740. The standard InChI is InChI=1S/C22H18N4OS.C22H16N4OS.H4N2/c2*1-23-22(27)18-7-2-3-8-21(18)28-16-10-11-17-19(25-26-20(17)14-16)12-9-15-6-4-5-13-24-15;1-2/h2-14H,1H3,(H,23,27)(H,25,26);2-8,10-11,13-14H,1H3,(H,23,27)(H,25,26);1-2H2/b12-9+;;. The topological polar surface area (TPSA) is 193 Å². The number of pyridine rings is 2. The quantitative estimate of drug-likeness (QED) is 0.0515. The number of carbonyl (C=O) groups excluding carboxylic acids is 2. The summed E-state index contributed by atoms with van der Waals surface area (Å²) in [6, 6.07) is 38.7. The van der Waals surface area contributed by atoms with Gasteiger partial charge in [0.1, 0.15) is 11.4 Å². The van der Waals surface area contributed by atoms with E-state index in [-0.39, 0.29) is 11.8 Å². The van der Waals surface area contributed by atoms with Gasteiger partial charge in [0, 0.05) is 56.8 Å². The van der Waals surface area contributed by atoms with Crippen molar-refractivity contribution in [2.45, 2.75) is 19.6 Å². The van der Waals surface area contributed by atoms with E-state index >= 15 is 0 Å². The Balaban J connectivity index is 0.000000188. The van der Waals surface area contributed by atoms with Crippen LogP contribution in [0.5, 0.6) is 0 Å². The first-order chi connectivity index (χ1) is 28.5. The highest BCUT2D eigenvalue weighted by Crippen LogP contribution is 2.34. The number of hydrazine groups is 1. The molecule has 0 bridgehead atoms. The van der Waals surface area contributed by atoms with Gasteiger partial charge in [0.2, 0.25) is 0 Å². The van der Waals surface area contributed by atoms with Crippen LogP contribution in [0.25, 0.3) is 34.0 Å². The van der Waals surface area contributed by atoms with Crippen LogP contribution in [-0.2, 0) is 0 Å². The molecule has 8 N–H and O–H groups in total. The Kier molecular flexibility index (Phi) is 14.2. The normalized spacial score (nSPS) is 10.5. The Morgan fingerprint density at radius 3 is 1.86 bits per heavy atom. The van der Waals surface area contributed by atoms with Crippen molar-refractivity contribution in [2.24, 2.45) is 11.7 Å². The predicted octanol–water partition coefficient (Wildman–Crippen LogP) is 7.33. The maximum absolute atomic E-state index is 12.1. The number of carbonyl (C=O) groups is 2. The number of aromatic nitrogens is 6. The third kappa shape index (κ3) is 10.2. The number of benzene rings is 4. The van der Waals surface area contributed by atoms with Gasteiger partial charge in [-0.3, -0.25) is 36.5 Å². The van der Waals surface area contributed by atoms with E-state index in [2.05, 4.69) is 64.5 Å². The lowest BCUT2D eigenvalue weighted by Gasteiger charge is -2.08. The zero-order chi connectivity index (χ0) is 40.7. The van der Waals surface area contributed by atoms with E-state index in [9.17, 15) is 9.59 Å². The molecule has 0 saturated heterocycles. The number of fused-ring (bicyclic) bond motifs is 2. The number of H-pyrrole nitrogens is 2. The largest absolute Gasteiger partial charge is 0.355 e. The van der Waals surface area contributed by atoms with Crippen molar-refractivity contribution in [1.82, 2.24) is 41.0 Å². The number of nitrogens with zero attached hydrogens (tertiary/aromatic N) is 4. The number of aromatic amines is 2. The number of nitrogens with two attached hydrogens (primary N) is 2. The molecular weight excluding hydrogens is 765 g/mol. The van der Waals surface area contributed by atoms with Gasteiger partial charge in [-0.05, 0) is 109 Å². The molecule has 0 aliphatic rings. The molecule has 0 saturated carbocycles. The third-order valence-corrected chi connectivity index (χ3v) is 10.5. The summed E-state index contributed by atoms with van der Waals surface area (Å²) in [6.07, 6.45) is 7.38. The molecule has 8 aromatic rings. The van der Waals surface area contributed by atoms with E-state index in [0.29, 0.717) is 16.8 Å². The number of rotatable bonds is 8. The minimum absolute atomic E-state index is 0.0901. The van der Waals surface area contributed by atoms with Crippen molar-refractivity contribution < 1.29 is 9.59 Å². The summed E-state index contributed by atoms with van der Waals surface area (Å²) in [6.45, 7) is 0. The molecule has 288 valence electrons. The molecule has 0 fully saturated rings. The van der Waals surface area contributed by atoms with Crippen LogP contribution in [0.2, 0.25) is 0 Å². The molecule has 0 unspecified atom stereocenters. The highest BCUT2D eigenvalue weighted by atomic mass is 32.2.